The Balaban J connectivity index is 0.00000182. The molecule has 3 unspecified atom stereocenters. The summed E-state index contributed by atoms with van der Waals surface area (Å²) in [5.74, 6) is 1.01. The highest BCUT2D eigenvalue weighted by Gasteiger charge is 2.38. The monoisotopic (exact) mass is 363 g/mol. The molecule has 3 N–H and O–H groups in total. The van der Waals surface area contributed by atoms with Crippen LogP contribution >= 0.6 is 12.4 Å². The zero-order valence-electron chi connectivity index (χ0n) is 14.3. The summed E-state index contributed by atoms with van der Waals surface area (Å²) in [4.78, 5) is 24.2. The van der Waals surface area contributed by atoms with Gasteiger partial charge < -0.3 is 16.0 Å². The Morgan fingerprint density at radius 3 is 2.08 bits per heavy atom. The van der Waals surface area contributed by atoms with Gasteiger partial charge in [-0.3, -0.25) is 9.59 Å². The lowest BCUT2D eigenvalue weighted by Gasteiger charge is -2.24. The van der Waals surface area contributed by atoms with E-state index in [1.165, 1.54) is 25.7 Å². The van der Waals surface area contributed by atoms with Gasteiger partial charge in [0.05, 0.1) is 6.04 Å². The number of nitrogens with one attached hydrogen (secondary N) is 3. The summed E-state index contributed by atoms with van der Waals surface area (Å²) in [6.07, 6.45) is 7.96. The normalized spacial score (nSPS) is 27.8. The first-order chi connectivity index (χ1) is 11.7. The van der Waals surface area contributed by atoms with Gasteiger partial charge in [0.15, 0.2) is 0 Å². The fourth-order valence-corrected chi connectivity index (χ4v) is 3.98. The van der Waals surface area contributed by atoms with E-state index in [2.05, 4.69) is 16.0 Å². The van der Waals surface area contributed by atoms with E-state index in [9.17, 15) is 9.59 Å². The van der Waals surface area contributed by atoms with Crippen LogP contribution in [0.2, 0.25) is 0 Å². The van der Waals surface area contributed by atoms with Crippen LogP contribution in [0.5, 0.6) is 0 Å². The lowest BCUT2D eigenvalue weighted by atomic mass is 9.85. The molecular weight excluding hydrogens is 338 g/mol. The van der Waals surface area contributed by atoms with Crippen LogP contribution in [0.4, 0.5) is 11.4 Å². The van der Waals surface area contributed by atoms with Crippen LogP contribution in [0.15, 0.2) is 24.3 Å². The van der Waals surface area contributed by atoms with Crippen molar-refractivity contribution in [3.8, 4) is 0 Å². The molecule has 25 heavy (non-hydrogen) atoms. The summed E-state index contributed by atoms with van der Waals surface area (Å²) in [7, 11) is 0. The Labute approximate surface area is 154 Å². The summed E-state index contributed by atoms with van der Waals surface area (Å²) in [6, 6.07) is 7.84. The number of anilines is 2. The third-order valence-corrected chi connectivity index (χ3v) is 5.55. The van der Waals surface area contributed by atoms with E-state index in [0.717, 1.165) is 30.6 Å². The van der Waals surface area contributed by atoms with E-state index in [-0.39, 0.29) is 36.2 Å². The predicted molar refractivity (Wildman–Crippen MR) is 101 cm³/mol. The molecule has 6 heteroatoms. The van der Waals surface area contributed by atoms with E-state index < -0.39 is 0 Å². The van der Waals surface area contributed by atoms with Crippen LogP contribution in [0.25, 0.3) is 0 Å². The standard InChI is InChI=1S/C19H25N3O2.ClH/c23-18(12-5-6-12)20-14-7-9-15(10-8-14)21-19(24)17-11-13-3-1-2-4-16(13)22-17;/h7-10,12-13,16-17,22H,1-6,11H2,(H,20,23)(H,21,24);1H. The van der Waals surface area contributed by atoms with Crippen LogP contribution in [0.1, 0.15) is 44.9 Å². The third kappa shape index (κ3) is 4.33. The number of rotatable bonds is 4. The van der Waals surface area contributed by atoms with Gasteiger partial charge in [-0.05, 0) is 62.3 Å². The van der Waals surface area contributed by atoms with Gasteiger partial charge in [-0.1, -0.05) is 12.8 Å². The number of halogens is 1. The summed E-state index contributed by atoms with van der Waals surface area (Å²) in [6.45, 7) is 0. The number of fused-ring (bicyclic) bond motifs is 1. The number of hydrogen-bond donors (Lipinski definition) is 3. The molecule has 1 aromatic rings. The van der Waals surface area contributed by atoms with Crippen molar-refractivity contribution in [1.82, 2.24) is 5.32 Å². The number of benzene rings is 1. The van der Waals surface area contributed by atoms with E-state index in [1.54, 1.807) is 0 Å². The molecule has 5 nitrogen and oxygen atoms in total. The summed E-state index contributed by atoms with van der Waals surface area (Å²) in [5.41, 5.74) is 1.57. The SMILES string of the molecule is Cl.O=C(Nc1ccc(NC(=O)C2CC3CCCCC3N2)cc1)C1CC1. The van der Waals surface area contributed by atoms with Crippen LogP contribution in [0, 0.1) is 11.8 Å². The second-order valence-electron chi connectivity index (χ2n) is 7.44. The molecule has 1 aliphatic heterocycles. The molecule has 1 saturated heterocycles. The highest BCUT2D eigenvalue weighted by Crippen LogP contribution is 2.33. The number of amides is 2. The molecule has 1 aromatic carbocycles. The quantitative estimate of drug-likeness (QED) is 0.768. The van der Waals surface area contributed by atoms with Crippen LogP contribution < -0.4 is 16.0 Å². The van der Waals surface area contributed by atoms with Gasteiger partial charge in [0.2, 0.25) is 11.8 Å². The van der Waals surface area contributed by atoms with Crippen molar-refractivity contribution >= 4 is 35.6 Å². The summed E-state index contributed by atoms with van der Waals surface area (Å²) in [5, 5.41) is 9.41. The van der Waals surface area contributed by atoms with E-state index in [1.807, 2.05) is 24.3 Å². The Hall–Kier alpha value is -1.59. The van der Waals surface area contributed by atoms with Crippen molar-refractivity contribution < 1.29 is 9.59 Å². The van der Waals surface area contributed by atoms with Gasteiger partial charge >= 0.3 is 0 Å². The van der Waals surface area contributed by atoms with E-state index in [4.69, 9.17) is 0 Å². The fraction of sp³-hybridized carbons (Fsp3) is 0.579. The summed E-state index contributed by atoms with van der Waals surface area (Å²) < 4.78 is 0. The molecule has 3 aliphatic rings. The van der Waals surface area contributed by atoms with Crippen molar-refractivity contribution in [2.24, 2.45) is 11.8 Å². The molecule has 3 atom stereocenters. The van der Waals surface area contributed by atoms with E-state index in [0.29, 0.717) is 12.0 Å². The fourth-order valence-electron chi connectivity index (χ4n) is 3.98. The van der Waals surface area contributed by atoms with Gasteiger partial charge in [-0.2, -0.15) is 0 Å². The Kier molecular flexibility index (Phi) is 5.64. The lowest BCUT2D eigenvalue weighted by Crippen LogP contribution is -2.39. The second kappa shape index (κ2) is 7.75. The van der Waals surface area contributed by atoms with Gasteiger partial charge in [0, 0.05) is 23.3 Å². The largest absolute Gasteiger partial charge is 0.326 e. The maximum atomic E-state index is 12.5. The maximum Gasteiger partial charge on any atom is 0.241 e. The molecule has 0 spiro atoms. The van der Waals surface area contributed by atoms with Gasteiger partial charge in [-0.15, -0.1) is 12.4 Å². The Morgan fingerprint density at radius 1 is 0.880 bits per heavy atom. The zero-order chi connectivity index (χ0) is 16.5. The Morgan fingerprint density at radius 2 is 1.48 bits per heavy atom. The van der Waals surface area contributed by atoms with Gasteiger partial charge in [0.1, 0.15) is 0 Å². The van der Waals surface area contributed by atoms with Crippen molar-refractivity contribution in [2.75, 3.05) is 10.6 Å². The van der Waals surface area contributed by atoms with Gasteiger partial charge in [-0.25, -0.2) is 0 Å². The molecule has 4 rings (SSSR count). The minimum Gasteiger partial charge on any atom is -0.326 e. The first-order valence-corrected chi connectivity index (χ1v) is 9.17. The van der Waals surface area contributed by atoms with Crippen molar-refractivity contribution in [3.05, 3.63) is 24.3 Å². The molecule has 0 aromatic heterocycles. The van der Waals surface area contributed by atoms with Crippen molar-refractivity contribution in [2.45, 2.75) is 57.0 Å². The minimum atomic E-state index is -0.0765. The number of hydrogen-bond acceptors (Lipinski definition) is 3. The average molecular weight is 364 g/mol. The topological polar surface area (TPSA) is 70.2 Å². The molecule has 136 valence electrons. The molecule has 2 aliphatic carbocycles. The molecule has 0 bridgehead atoms. The highest BCUT2D eigenvalue weighted by atomic mass is 35.5. The van der Waals surface area contributed by atoms with Gasteiger partial charge in [0.25, 0.3) is 0 Å². The molecule has 2 amide bonds. The van der Waals surface area contributed by atoms with E-state index >= 15 is 0 Å². The Bertz CT molecular complexity index is 616. The van der Waals surface area contributed by atoms with Crippen LogP contribution in [-0.4, -0.2) is 23.9 Å². The lowest BCUT2D eigenvalue weighted by molar-refractivity contribution is -0.118. The number of carbonyl (C=O) groups excluding carboxylic acids is 2. The summed E-state index contributed by atoms with van der Waals surface area (Å²) >= 11 is 0. The first kappa shape index (κ1) is 18.2. The third-order valence-electron chi connectivity index (χ3n) is 5.55. The minimum absolute atomic E-state index is 0. The highest BCUT2D eigenvalue weighted by molar-refractivity contribution is 5.96. The molecule has 1 heterocycles. The predicted octanol–water partition coefficient (Wildman–Crippen LogP) is 3.32. The van der Waals surface area contributed by atoms with Crippen molar-refractivity contribution in [3.63, 3.8) is 0 Å². The maximum absolute atomic E-state index is 12.5. The smallest absolute Gasteiger partial charge is 0.241 e. The molecule has 0 radical (unpaired) electrons. The first-order valence-electron chi connectivity index (χ1n) is 9.17. The van der Waals surface area contributed by atoms with Crippen molar-refractivity contribution in [1.29, 1.82) is 0 Å². The molecule has 2 saturated carbocycles. The average Bonchev–Trinajstić information content (AvgIpc) is 3.35. The molecular formula is C19H26ClN3O2. The number of carbonyl (C=O) groups is 2. The van der Waals surface area contributed by atoms with Crippen LogP contribution in [-0.2, 0) is 9.59 Å². The molecule has 3 fully saturated rings. The van der Waals surface area contributed by atoms with Crippen LogP contribution in [0.3, 0.4) is 0 Å². The second-order valence-corrected chi connectivity index (χ2v) is 7.44. The zero-order valence-corrected chi connectivity index (χ0v) is 15.1.